The lowest BCUT2D eigenvalue weighted by Gasteiger charge is -2.31. The van der Waals surface area contributed by atoms with E-state index in [2.05, 4.69) is 42.8 Å². The molecule has 1 aromatic heterocycles. The first-order valence-electron chi connectivity index (χ1n) is 7.67. The van der Waals surface area contributed by atoms with Crippen LogP contribution in [0.25, 0.3) is 0 Å². The van der Waals surface area contributed by atoms with Crippen molar-refractivity contribution in [3.05, 3.63) is 18.3 Å². The van der Waals surface area contributed by atoms with E-state index >= 15 is 0 Å². The van der Waals surface area contributed by atoms with Gasteiger partial charge in [0.05, 0.1) is 6.61 Å². The second kappa shape index (κ2) is 6.78. The maximum Gasteiger partial charge on any atom is 0.215 e. The summed E-state index contributed by atoms with van der Waals surface area (Å²) in [5, 5.41) is 0. The number of anilines is 1. The van der Waals surface area contributed by atoms with Crippen LogP contribution >= 0.6 is 0 Å². The molecule has 3 nitrogen and oxygen atoms in total. The Balaban J connectivity index is 2.18. The van der Waals surface area contributed by atoms with Crippen LogP contribution in [-0.2, 0) is 0 Å². The summed E-state index contributed by atoms with van der Waals surface area (Å²) in [5.41, 5.74) is 1.28. The summed E-state index contributed by atoms with van der Waals surface area (Å²) in [6.07, 6.45) is 7.93. The van der Waals surface area contributed by atoms with Crippen molar-refractivity contribution < 1.29 is 4.74 Å². The van der Waals surface area contributed by atoms with Crippen LogP contribution in [0.3, 0.4) is 0 Å². The van der Waals surface area contributed by atoms with Crippen molar-refractivity contribution in [1.82, 2.24) is 4.98 Å². The molecule has 106 valence electrons. The Morgan fingerprint density at radius 2 is 1.89 bits per heavy atom. The molecule has 2 rings (SSSR count). The number of rotatable bonds is 6. The molecule has 1 aliphatic heterocycles. The molecule has 1 aliphatic rings. The van der Waals surface area contributed by atoms with Gasteiger partial charge in [0.15, 0.2) is 0 Å². The molecule has 1 fully saturated rings. The van der Waals surface area contributed by atoms with E-state index in [4.69, 9.17) is 4.74 Å². The maximum absolute atomic E-state index is 5.66. The lowest BCUT2D eigenvalue weighted by atomic mass is 10.1. The number of ether oxygens (including phenoxy) is 1. The van der Waals surface area contributed by atoms with Crippen molar-refractivity contribution in [1.29, 1.82) is 0 Å². The summed E-state index contributed by atoms with van der Waals surface area (Å²) in [6, 6.07) is 5.57. The summed E-state index contributed by atoms with van der Waals surface area (Å²) in [4.78, 5) is 6.88. The molecule has 0 saturated carbocycles. The zero-order valence-electron chi connectivity index (χ0n) is 12.4. The van der Waals surface area contributed by atoms with Gasteiger partial charge in [0.1, 0.15) is 0 Å². The van der Waals surface area contributed by atoms with E-state index in [0.717, 1.165) is 18.9 Å². The Morgan fingerprint density at radius 3 is 2.47 bits per heavy atom. The van der Waals surface area contributed by atoms with Crippen LogP contribution < -0.4 is 9.64 Å². The summed E-state index contributed by atoms with van der Waals surface area (Å²) < 4.78 is 5.66. The fourth-order valence-corrected chi connectivity index (χ4v) is 3.03. The van der Waals surface area contributed by atoms with Gasteiger partial charge in [0.2, 0.25) is 5.88 Å². The average Bonchev–Trinajstić information content (AvgIpc) is 2.88. The molecule has 1 saturated heterocycles. The van der Waals surface area contributed by atoms with E-state index < -0.39 is 0 Å². The van der Waals surface area contributed by atoms with Crippen LogP contribution in [0, 0.1) is 0 Å². The number of pyridine rings is 1. The topological polar surface area (TPSA) is 25.4 Å². The summed E-state index contributed by atoms with van der Waals surface area (Å²) in [5.74, 6) is 0.760. The predicted octanol–water partition coefficient (Wildman–Crippen LogP) is 4.03. The van der Waals surface area contributed by atoms with Gasteiger partial charge in [-0.25, -0.2) is 4.98 Å². The van der Waals surface area contributed by atoms with Gasteiger partial charge in [0, 0.05) is 30.0 Å². The molecule has 2 unspecified atom stereocenters. The second-order valence-corrected chi connectivity index (χ2v) is 5.31. The van der Waals surface area contributed by atoms with Gasteiger partial charge in [0.25, 0.3) is 0 Å². The highest BCUT2D eigenvalue weighted by molar-refractivity contribution is 5.51. The van der Waals surface area contributed by atoms with Gasteiger partial charge in [-0.2, -0.15) is 0 Å². The second-order valence-electron chi connectivity index (χ2n) is 5.31. The number of hydrogen-bond donors (Lipinski definition) is 0. The normalized spacial score (nSPS) is 22.8. The third-order valence-corrected chi connectivity index (χ3v) is 4.03. The first-order valence-corrected chi connectivity index (χ1v) is 7.67. The third-order valence-electron chi connectivity index (χ3n) is 4.03. The SMILES string of the molecule is CCCOc1cc(N2C(CC)CCC2CC)ccn1. The third kappa shape index (κ3) is 3.20. The van der Waals surface area contributed by atoms with E-state index in [9.17, 15) is 0 Å². The number of hydrogen-bond acceptors (Lipinski definition) is 3. The van der Waals surface area contributed by atoms with Crippen molar-refractivity contribution in [2.24, 2.45) is 0 Å². The minimum Gasteiger partial charge on any atom is -0.478 e. The van der Waals surface area contributed by atoms with E-state index in [1.54, 1.807) is 0 Å². The van der Waals surface area contributed by atoms with Crippen molar-refractivity contribution in [2.45, 2.75) is 65.0 Å². The van der Waals surface area contributed by atoms with Gasteiger partial charge in [-0.15, -0.1) is 0 Å². The molecular weight excluding hydrogens is 236 g/mol. The lowest BCUT2D eigenvalue weighted by molar-refractivity contribution is 0.305. The highest BCUT2D eigenvalue weighted by Crippen LogP contribution is 2.34. The van der Waals surface area contributed by atoms with Crippen LogP contribution in [-0.4, -0.2) is 23.7 Å². The zero-order chi connectivity index (χ0) is 13.7. The van der Waals surface area contributed by atoms with Crippen LogP contribution in [0.15, 0.2) is 18.3 Å². The number of nitrogens with zero attached hydrogens (tertiary/aromatic N) is 2. The monoisotopic (exact) mass is 262 g/mol. The maximum atomic E-state index is 5.66. The molecule has 3 heteroatoms. The molecule has 2 atom stereocenters. The van der Waals surface area contributed by atoms with Crippen molar-refractivity contribution in [3.8, 4) is 5.88 Å². The average molecular weight is 262 g/mol. The fraction of sp³-hybridized carbons (Fsp3) is 0.688. The molecule has 0 N–H and O–H groups in total. The van der Waals surface area contributed by atoms with E-state index in [0.29, 0.717) is 12.1 Å². The van der Waals surface area contributed by atoms with E-state index in [1.165, 1.54) is 31.4 Å². The van der Waals surface area contributed by atoms with E-state index in [1.807, 2.05) is 6.20 Å². The zero-order valence-corrected chi connectivity index (χ0v) is 12.4. The highest BCUT2D eigenvalue weighted by Gasteiger charge is 2.31. The minimum absolute atomic E-state index is 0.673. The highest BCUT2D eigenvalue weighted by atomic mass is 16.5. The fourth-order valence-electron chi connectivity index (χ4n) is 3.03. The molecule has 0 spiro atoms. The van der Waals surface area contributed by atoms with Crippen molar-refractivity contribution >= 4 is 5.69 Å². The summed E-state index contributed by atoms with van der Waals surface area (Å²) in [6.45, 7) is 7.42. The van der Waals surface area contributed by atoms with E-state index in [-0.39, 0.29) is 0 Å². The van der Waals surface area contributed by atoms with Gasteiger partial charge in [-0.1, -0.05) is 20.8 Å². The smallest absolute Gasteiger partial charge is 0.215 e. The quantitative estimate of drug-likeness (QED) is 0.774. The van der Waals surface area contributed by atoms with Crippen LogP contribution in [0.1, 0.15) is 52.9 Å². The Kier molecular flexibility index (Phi) is 5.06. The van der Waals surface area contributed by atoms with Gasteiger partial charge < -0.3 is 9.64 Å². The Labute approximate surface area is 117 Å². The summed E-state index contributed by atoms with van der Waals surface area (Å²) in [7, 11) is 0. The summed E-state index contributed by atoms with van der Waals surface area (Å²) >= 11 is 0. The molecule has 2 heterocycles. The van der Waals surface area contributed by atoms with Crippen molar-refractivity contribution in [2.75, 3.05) is 11.5 Å². The molecule has 0 aliphatic carbocycles. The Bertz CT molecular complexity index is 382. The first-order chi connectivity index (χ1) is 9.30. The first kappa shape index (κ1) is 14.2. The van der Waals surface area contributed by atoms with Crippen LogP contribution in [0.5, 0.6) is 5.88 Å². The molecule has 0 bridgehead atoms. The molecule has 19 heavy (non-hydrogen) atoms. The molecule has 0 amide bonds. The molecular formula is C16H26N2O. The Morgan fingerprint density at radius 1 is 1.21 bits per heavy atom. The van der Waals surface area contributed by atoms with Gasteiger partial charge >= 0.3 is 0 Å². The van der Waals surface area contributed by atoms with Crippen molar-refractivity contribution in [3.63, 3.8) is 0 Å². The van der Waals surface area contributed by atoms with Crippen LogP contribution in [0.2, 0.25) is 0 Å². The molecule has 0 aromatic carbocycles. The number of aromatic nitrogens is 1. The van der Waals surface area contributed by atoms with Gasteiger partial charge in [-0.3, -0.25) is 0 Å². The molecule has 1 aromatic rings. The standard InChI is InChI=1S/C16H26N2O/c1-4-11-19-16-12-15(9-10-17-16)18-13(5-2)7-8-14(18)6-3/h9-10,12-14H,4-8,11H2,1-3H3. The predicted molar refractivity (Wildman–Crippen MR) is 79.9 cm³/mol. The largest absolute Gasteiger partial charge is 0.478 e. The molecule has 0 radical (unpaired) electrons. The minimum atomic E-state index is 0.673. The van der Waals surface area contributed by atoms with Gasteiger partial charge in [-0.05, 0) is 38.2 Å². The Hall–Kier alpha value is -1.25. The van der Waals surface area contributed by atoms with Crippen LogP contribution in [0.4, 0.5) is 5.69 Å². The lowest BCUT2D eigenvalue weighted by Crippen LogP contribution is -2.35.